The Labute approximate surface area is 148 Å². The van der Waals surface area contributed by atoms with Crippen LogP contribution >= 0.6 is 22.9 Å². The fraction of sp³-hybridized carbons (Fsp3) is 0.312. The SMILES string of the molecule is C[C@H]1c2ccsc2CCN1CC(=O)Nc1ccc(Cl)cc1[N+](=O)[O-]. The van der Waals surface area contributed by atoms with Crippen LogP contribution in [0.1, 0.15) is 23.4 Å². The molecule has 1 amide bonds. The minimum atomic E-state index is -0.553. The van der Waals surface area contributed by atoms with Gasteiger partial charge in [-0.3, -0.25) is 19.8 Å². The van der Waals surface area contributed by atoms with Crippen molar-refractivity contribution in [2.75, 3.05) is 18.4 Å². The van der Waals surface area contributed by atoms with Crippen LogP contribution < -0.4 is 5.32 Å². The third-order valence-corrected chi connectivity index (χ3v) is 5.41. The molecule has 6 nitrogen and oxygen atoms in total. The maximum Gasteiger partial charge on any atom is 0.294 e. The molecule has 0 saturated carbocycles. The van der Waals surface area contributed by atoms with E-state index in [-0.39, 0.29) is 34.9 Å². The van der Waals surface area contributed by atoms with Crippen molar-refractivity contribution in [3.63, 3.8) is 0 Å². The first-order chi connectivity index (χ1) is 11.5. The Morgan fingerprint density at radius 2 is 2.29 bits per heavy atom. The highest BCUT2D eigenvalue weighted by molar-refractivity contribution is 7.10. The number of halogens is 1. The summed E-state index contributed by atoms with van der Waals surface area (Å²) in [5.74, 6) is -0.272. The Kier molecular flexibility index (Phi) is 4.84. The van der Waals surface area contributed by atoms with E-state index in [0.29, 0.717) is 0 Å². The summed E-state index contributed by atoms with van der Waals surface area (Å²) in [7, 11) is 0. The molecule has 0 spiro atoms. The van der Waals surface area contributed by atoms with Gasteiger partial charge >= 0.3 is 0 Å². The Bertz CT molecular complexity index is 793. The monoisotopic (exact) mass is 365 g/mol. The minimum Gasteiger partial charge on any atom is -0.319 e. The average molecular weight is 366 g/mol. The van der Waals surface area contributed by atoms with Crippen molar-refractivity contribution in [3.8, 4) is 0 Å². The molecule has 24 heavy (non-hydrogen) atoms. The van der Waals surface area contributed by atoms with Crippen molar-refractivity contribution in [1.29, 1.82) is 0 Å². The quantitative estimate of drug-likeness (QED) is 0.659. The number of nitrogens with zero attached hydrogens (tertiary/aromatic N) is 2. The van der Waals surface area contributed by atoms with E-state index < -0.39 is 4.92 Å². The lowest BCUT2D eigenvalue weighted by Crippen LogP contribution is -2.39. The zero-order valence-corrected chi connectivity index (χ0v) is 14.6. The van der Waals surface area contributed by atoms with E-state index in [2.05, 4.69) is 28.6 Å². The van der Waals surface area contributed by atoms with Gasteiger partial charge in [0, 0.05) is 28.6 Å². The number of thiophene rings is 1. The predicted molar refractivity (Wildman–Crippen MR) is 94.7 cm³/mol. The Hall–Kier alpha value is -1.96. The first-order valence-corrected chi connectivity index (χ1v) is 8.75. The summed E-state index contributed by atoms with van der Waals surface area (Å²) in [4.78, 5) is 26.3. The molecule has 3 rings (SSSR count). The van der Waals surface area contributed by atoms with Crippen LogP contribution in [0.15, 0.2) is 29.6 Å². The summed E-state index contributed by atoms with van der Waals surface area (Å²) >= 11 is 7.53. The van der Waals surface area contributed by atoms with Gasteiger partial charge in [-0.15, -0.1) is 11.3 Å². The molecule has 0 unspecified atom stereocenters. The molecule has 1 aromatic heterocycles. The van der Waals surface area contributed by atoms with Crippen molar-refractivity contribution >= 4 is 40.2 Å². The van der Waals surface area contributed by atoms with Gasteiger partial charge in [0.15, 0.2) is 0 Å². The first-order valence-electron chi connectivity index (χ1n) is 7.50. The normalized spacial score (nSPS) is 17.3. The highest BCUT2D eigenvalue weighted by atomic mass is 35.5. The molecule has 0 aliphatic carbocycles. The van der Waals surface area contributed by atoms with E-state index >= 15 is 0 Å². The predicted octanol–water partition coefficient (Wildman–Crippen LogP) is 3.87. The molecule has 8 heteroatoms. The van der Waals surface area contributed by atoms with Crippen LogP contribution in [0.4, 0.5) is 11.4 Å². The van der Waals surface area contributed by atoms with E-state index in [1.54, 1.807) is 11.3 Å². The number of nitrogens with one attached hydrogen (secondary N) is 1. The Morgan fingerprint density at radius 1 is 1.50 bits per heavy atom. The molecule has 0 fully saturated rings. The highest BCUT2D eigenvalue weighted by Crippen LogP contribution is 2.33. The lowest BCUT2D eigenvalue weighted by molar-refractivity contribution is -0.383. The number of hydrogen-bond acceptors (Lipinski definition) is 5. The summed E-state index contributed by atoms with van der Waals surface area (Å²) in [6, 6.07) is 6.46. The van der Waals surface area contributed by atoms with E-state index in [0.717, 1.165) is 13.0 Å². The molecular formula is C16H16ClN3O3S. The van der Waals surface area contributed by atoms with Crippen LogP contribution in [-0.2, 0) is 11.2 Å². The molecule has 2 heterocycles. The van der Waals surface area contributed by atoms with Gasteiger partial charge in [-0.2, -0.15) is 0 Å². The fourth-order valence-corrected chi connectivity index (χ4v) is 4.04. The third kappa shape index (κ3) is 3.43. The first kappa shape index (κ1) is 16.9. The van der Waals surface area contributed by atoms with Crippen LogP contribution in [0.2, 0.25) is 5.02 Å². The highest BCUT2D eigenvalue weighted by Gasteiger charge is 2.26. The van der Waals surface area contributed by atoms with Gasteiger partial charge in [-0.05, 0) is 42.5 Å². The van der Waals surface area contributed by atoms with Gasteiger partial charge < -0.3 is 5.32 Å². The molecule has 1 aliphatic rings. The molecule has 126 valence electrons. The average Bonchev–Trinajstić information content (AvgIpc) is 3.01. The molecule has 0 saturated heterocycles. The van der Waals surface area contributed by atoms with E-state index in [1.165, 1.54) is 28.6 Å². The Balaban J connectivity index is 1.70. The maximum absolute atomic E-state index is 12.3. The number of fused-ring (bicyclic) bond motifs is 1. The smallest absolute Gasteiger partial charge is 0.294 e. The van der Waals surface area contributed by atoms with E-state index in [1.807, 2.05) is 0 Å². The number of nitro benzene ring substituents is 1. The van der Waals surface area contributed by atoms with Gasteiger partial charge in [0.05, 0.1) is 11.5 Å². The number of anilines is 1. The topological polar surface area (TPSA) is 75.5 Å². The Morgan fingerprint density at radius 3 is 3.04 bits per heavy atom. The number of carbonyl (C=O) groups is 1. The van der Waals surface area contributed by atoms with Crippen LogP contribution in [0.25, 0.3) is 0 Å². The van der Waals surface area contributed by atoms with Crippen molar-refractivity contribution in [2.24, 2.45) is 0 Å². The van der Waals surface area contributed by atoms with Crippen LogP contribution in [0, 0.1) is 10.1 Å². The van der Waals surface area contributed by atoms with Crippen LogP contribution in [0.5, 0.6) is 0 Å². The molecular weight excluding hydrogens is 350 g/mol. The fourth-order valence-electron chi connectivity index (χ4n) is 2.91. The summed E-state index contributed by atoms with van der Waals surface area (Å²) in [5, 5.41) is 16.0. The molecule has 2 aromatic rings. The van der Waals surface area contributed by atoms with Crippen molar-refractivity contribution in [1.82, 2.24) is 4.90 Å². The van der Waals surface area contributed by atoms with Crippen LogP contribution in [-0.4, -0.2) is 28.8 Å². The molecule has 0 bridgehead atoms. The lowest BCUT2D eigenvalue weighted by Gasteiger charge is -2.32. The minimum absolute atomic E-state index is 0.158. The number of rotatable bonds is 4. The standard InChI is InChI=1S/C16H16ClN3O3S/c1-10-12-5-7-24-15(12)4-6-19(10)9-16(21)18-13-3-2-11(17)8-14(13)20(22)23/h2-3,5,7-8,10H,4,6,9H2,1H3,(H,18,21)/t10-/m0/s1. The second-order valence-corrected chi connectivity index (χ2v) is 7.10. The van der Waals surface area contributed by atoms with Crippen molar-refractivity contribution in [2.45, 2.75) is 19.4 Å². The van der Waals surface area contributed by atoms with Crippen molar-refractivity contribution in [3.05, 3.63) is 55.2 Å². The van der Waals surface area contributed by atoms with E-state index in [9.17, 15) is 14.9 Å². The zero-order valence-electron chi connectivity index (χ0n) is 13.0. The number of hydrogen-bond donors (Lipinski definition) is 1. The summed E-state index contributed by atoms with van der Waals surface area (Å²) in [6.07, 6.45) is 0.922. The molecule has 1 aromatic carbocycles. The number of benzene rings is 1. The number of nitro groups is 1. The molecule has 1 N–H and O–H groups in total. The summed E-state index contributed by atoms with van der Waals surface area (Å²) < 4.78 is 0. The summed E-state index contributed by atoms with van der Waals surface area (Å²) in [6.45, 7) is 3.06. The number of amides is 1. The summed E-state index contributed by atoms with van der Waals surface area (Å²) in [5.41, 5.74) is 1.22. The van der Waals surface area contributed by atoms with Gasteiger partial charge in [-0.25, -0.2) is 0 Å². The molecule has 0 radical (unpaired) electrons. The van der Waals surface area contributed by atoms with E-state index in [4.69, 9.17) is 11.6 Å². The van der Waals surface area contributed by atoms with Gasteiger partial charge in [0.1, 0.15) is 5.69 Å². The largest absolute Gasteiger partial charge is 0.319 e. The second kappa shape index (κ2) is 6.88. The van der Waals surface area contributed by atoms with Gasteiger partial charge in [-0.1, -0.05) is 11.6 Å². The maximum atomic E-state index is 12.3. The zero-order chi connectivity index (χ0) is 17.3. The third-order valence-electron chi connectivity index (χ3n) is 4.18. The van der Waals surface area contributed by atoms with Crippen LogP contribution in [0.3, 0.4) is 0 Å². The van der Waals surface area contributed by atoms with Gasteiger partial charge in [0.25, 0.3) is 5.69 Å². The molecule has 1 aliphatic heterocycles. The van der Waals surface area contributed by atoms with Crippen molar-refractivity contribution < 1.29 is 9.72 Å². The molecule has 1 atom stereocenters. The number of carbonyl (C=O) groups excluding carboxylic acids is 1. The lowest BCUT2D eigenvalue weighted by atomic mass is 10.0. The van der Waals surface area contributed by atoms with Gasteiger partial charge in [0.2, 0.25) is 5.91 Å². The second-order valence-electron chi connectivity index (χ2n) is 5.66.